The first kappa shape index (κ1) is 11.3. The van der Waals surface area contributed by atoms with E-state index in [1.165, 1.54) is 11.1 Å². The average molecular weight is 262 g/mol. The van der Waals surface area contributed by atoms with Crippen molar-refractivity contribution < 1.29 is 4.74 Å². The summed E-state index contributed by atoms with van der Waals surface area (Å²) in [6.07, 6.45) is 2.12. The van der Waals surface area contributed by atoms with Crippen LogP contribution in [-0.2, 0) is 6.54 Å². The normalized spacial score (nSPS) is 12.1. The fraction of sp³-hybridized carbons (Fsp3) is 0.118. The molecule has 0 N–H and O–H groups in total. The Kier molecular flexibility index (Phi) is 2.39. The van der Waals surface area contributed by atoms with Crippen molar-refractivity contribution in [3.05, 3.63) is 60.3 Å². The number of fused-ring (bicyclic) bond motifs is 3. The van der Waals surface area contributed by atoms with E-state index in [0.29, 0.717) is 0 Å². The van der Waals surface area contributed by atoms with Gasteiger partial charge in [-0.25, -0.2) is 4.98 Å². The van der Waals surface area contributed by atoms with E-state index >= 15 is 0 Å². The first-order valence-electron chi connectivity index (χ1n) is 6.65. The first-order valence-corrected chi connectivity index (χ1v) is 6.65. The topological polar surface area (TPSA) is 27.1 Å². The van der Waals surface area contributed by atoms with Crippen molar-refractivity contribution in [1.29, 1.82) is 0 Å². The Balaban J connectivity index is 1.76. The minimum atomic E-state index is 0.867. The van der Waals surface area contributed by atoms with Crippen molar-refractivity contribution in [2.45, 2.75) is 6.54 Å². The molecule has 0 unspecified atom stereocenters. The fourth-order valence-electron chi connectivity index (χ4n) is 2.71. The van der Waals surface area contributed by atoms with Crippen LogP contribution in [-0.4, -0.2) is 16.7 Å². The molecule has 0 atom stereocenters. The molecule has 98 valence electrons. The predicted octanol–water partition coefficient (Wildman–Crippen LogP) is 3.59. The molecule has 1 aliphatic heterocycles. The molecule has 2 heterocycles. The van der Waals surface area contributed by atoms with Crippen LogP contribution in [0.4, 0.5) is 0 Å². The van der Waals surface area contributed by atoms with Crippen LogP contribution in [0, 0.1) is 0 Å². The van der Waals surface area contributed by atoms with E-state index in [-0.39, 0.29) is 0 Å². The SMILES string of the molecule is COc1ccc(-c2cn3c(n2)-c2ccccc2C3)cc1. The second kappa shape index (κ2) is 4.23. The summed E-state index contributed by atoms with van der Waals surface area (Å²) in [5.74, 6) is 1.93. The van der Waals surface area contributed by atoms with Crippen LogP contribution >= 0.6 is 0 Å². The monoisotopic (exact) mass is 262 g/mol. The Morgan fingerprint density at radius 1 is 1.05 bits per heavy atom. The van der Waals surface area contributed by atoms with Crippen molar-refractivity contribution >= 4 is 0 Å². The molecular formula is C17H14N2O. The minimum Gasteiger partial charge on any atom is -0.497 e. The Morgan fingerprint density at radius 2 is 1.85 bits per heavy atom. The summed E-state index contributed by atoms with van der Waals surface area (Å²) in [4.78, 5) is 4.78. The number of nitrogens with zero attached hydrogens (tertiary/aromatic N) is 2. The molecule has 0 fully saturated rings. The van der Waals surface area contributed by atoms with Crippen molar-refractivity contribution in [1.82, 2.24) is 9.55 Å². The van der Waals surface area contributed by atoms with E-state index in [0.717, 1.165) is 29.4 Å². The van der Waals surface area contributed by atoms with Crippen LogP contribution < -0.4 is 4.74 Å². The molecule has 1 aliphatic rings. The third-order valence-electron chi connectivity index (χ3n) is 3.76. The van der Waals surface area contributed by atoms with Gasteiger partial charge in [0, 0.05) is 23.9 Å². The van der Waals surface area contributed by atoms with Gasteiger partial charge in [0.1, 0.15) is 11.6 Å². The lowest BCUT2D eigenvalue weighted by molar-refractivity contribution is 0.415. The Hall–Kier alpha value is -2.55. The molecule has 3 nitrogen and oxygen atoms in total. The van der Waals surface area contributed by atoms with Crippen LogP contribution in [0.15, 0.2) is 54.7 Å². The molecule has 3 aromatic rings. The van der Waals surface area contributed by atoms with Crippen molar-refractivity contribution in [3.8, 4) is 28.4 Å². The summed E-state index contributed by atoms with van der Waals surface area (Å²) in [7, 11) is 1.68. The van der Waals surface area contributed by atoms with Crippen LogP contribution in [0.1, 0.15) is 5.56 Å². The molecule has 0 amide bonds. The Labute approximate surface area is 117 Å². The van der Waals surface area contributed by atoms with Crippen molar-refractivity contribution in [2.24, 2.45) is 0 Å². The summed E-state index contributed by atoms with van der Waals surface area (Å²) in [6, 6.07) is 16.5. The van der Waals surface area contributed by atoms with Crippen molar-refractivity contribution in [2.75, 3.05) is 7.11 Å². The number of hydrogen-bond donors (Lipinski definition) is 0. The first-order chi connectivity index (χ1) is 9.85. The van der Waals surface area contributed by atoms with Crippen molar-refractivity contribution in [3.63, 3.8) is 0 Å². The smallest absolute Gasteiger partial charge is 0.141 e. The highest BCUT2D eigenvalue weighted by Crippen LogP contribution is 2.33. The van der Waals surface area contributed by atoms with E-state index in [4.69, 9.17) is 9.72 Å². The fourth-order valence-corrected chi connectivity index (χ4v) is 2.71. The van der Waals surface area contributed by atoms with Crippen LogP contribution in [0.3, 0.4) is 0 Å². The van der Waals surface area contributed by atoms with Gasteiger partial charge in [0.05, 0.1) is 12.8 Å². The summed E-state index contributed by atoms with van der Waals surface area (Å²) < 4.78 is 7.40. The van der Waals surface area contributed by atoms with Gasteiger partial charge < -0.3 is 9.30 Å². The molecule has 0 aliphatic carbocycles. The molecule has 3 heteroatoms. The third-order valence-corrected chi connectivity index (χ3v) is 3.76. The van der Waals surface area contributed by atoms with Gasteiger partial charge in [-0.1, -0.05) is 24.3 Å². The van der Waals surface area contributed by atoms with E-state index in [1.807, 2.05) is 24.3 Å². The zero-order valence-electron chi connectivity index (χ0n) is 11.2. The van der Waals surface area contributed by atoms with Gasteiger partial charge >= 0.3 is 0 Å². The second-order valence-corrected chi connectivity index (χ2v) is 4.96. The number of methoxy groups -OCH3 is 1. The van der Waals surface area contributed by atoms with E-state index in [2.05, 4.69) is 35.0 Å². The molecular weight excluding hydrogens is 248 g/mol. The summed E-state index contributed by atoms with van der Waals surface area (Å²) in [5.41, 5.74) is 4.71. The molecule has 0 saturated heterocycles. The number of ether oxygens (including phenoxy) is 1. The van der Waals surface area contributed by atoms with Crippen LogP contribution in [0.25, 0.3) is 22.6 Å². The zero-order chi connectivity index (χ0) is 13.5. The van der Waals surface area contributed by atoms with Gasteiger partial charge in [0.25, 0.3) is 0 Å². The number of benzene rings is 2. The zero-order valence-corrected chi connectivity index (χ0v) is 11.2. The average Bonchev–Trinajstić information content (AvgIpc) is 3.05. The molecule has 0 saturated carbocycles. The summed E-state index contributed by atoms with van der Waals surface area (Å²) >= 11 is 0. The molecule has 1 aromatic heterocycles. The number of aromatic nitrogens is 2. The number of rotatable bonds is 2. The maximum Gasteiger partial charge on any atom is 0.141 e. The maximum atomic E-state index is 5.19. The lowest BCUT2D eigenvalue weighted by Crippen LogP contribution is -1.89. The molecule has 0 spiro atoms. The summed E-state index contributed by atoms with van der Waals surface area (Å²) in [5, 5.41) is 0. The highest BCUT2D eigenvalue weighted by atomic mass is 16.5. The minimum absolute atomic E-state index is 0.867. The Morgan fingerprint density at radius 3 is 2.65 bits per heavy atom. The maximum absolute atomic E-state index is 5.19. The number of imidazole rings is 1. The van der Waals surface area contributed by atoms with Gasteiger partial charge in [-0.05, 0) is 29.8 Å². The molecule has 20 heavy (non-hydrogen) atoms. The van der Waals surface area contributed by atoms with Gasteiger partial charge in [0.2, 0.25) is 0 Å². The predicted molar refractivity (Wildman–Crippen MR) is 78.8 cm³/mol. The molecule has 0 bridgehead atoms. The molecule has 0 radical (unpaired) electrons. The van der Waals surface area contributed by atoms with E-state index in [1.54, 1.807) is 7.11 Å². The Bertz CT molecular complexity index is 772. The van der Waals surface area contributed by atoms with Crippen LogP contribution in [0.2, 0.25) is 0 Å². The highest BCUT2D eigenvalue weighted by Gasteiger charge is 2.20. The third kappa shape index (κ3) is 1.63. The standard InChI is InChI=1S/C17H14N2O/c1-20-14-8-6-12(7-9-14)16-11-19-10-13-4-2-3-5-15(13)17(19)18-16/h2-9,11H,10H2,1H3. The van der Waals surface area contributed by atoms with Gasteiger partial charge in [-0.15, -0.1) is 0 Å². The highest BCUT2D eigenvalue weighted by molar-refractivity contribution is 5.70. The van der Waals surface area contributed by atoms with Gasteiger partial charge in [-0.2, -0.15) is 0 Å². The van der Waals surface area contributed by atoms with E-state index in [9.17, 15) is 0 Å². The molecule has 2 aromatic carbocycles. The van der Waals surface area contributed by atoms with Gasteiger partial charge in [0.15, 0.2) is 0 Å². The second-order valence-electron chi connectivity index (χ2n) is 4.96. The summed E-state index contributed by atoms with van der Waals surface area (Å²) in [6.45, 7) is 0.911. The van der Waals surface area contributed by atoms with Gasteiger partial charge in [-0.3, -0.25) is 0 Å². The molecule has 4 rings (SSSR count). The van der Waals surface area contributed by atoms with Crippen LogP contribution in [0.5, 0.6) is 5.75 Å². The lowest BCUT2D eigenvalue weighted by atomic mass is 10.1. The van der Waals surface area contributed by atoms with E-state index < -0.39 is 0 Å². The quantitative estimate of drug-likeness (QED) is 0.552. The lowest BCUT2D eigenvalue weighted by Gasteiger charge is -2.01. The number of hydrogen-bond acceptors (Lipinski definition) is 2. The largest absolute Gasteiger partial charge is 0.497 e.